The predicted octanol–water partition coefficient (Wildman–Crippen LogP) is 2.91. The molecule has 0 saturated carbocycles. The standard InChI is InChI=1S/C19H29N3O2/c1-21(2)12-10-15-14-22(19(23)7-5-4-6-11-20)18-13-16(24-3)8-9-17(15)18/h8-9,13-14H,4-7,10-12,20H2,1-3H3. The molecule has 24 heavy (non-hydrogen) atoms. The molecule has 0 amide bonds. The van der Waals surface area contributed by atoms with Crippen LogP contribution in [-0.2, 0) is 6.42 Å². The summed E-state index contributed by atoms with van der Waals surface area (Å²) in [5.41, 5.74) is 7.66. The van der Waals surface area contributed by atoms with Gasteiger partial charge in [0.25, 0.3) is 0 Å². The van der Waals surface area contributed by atoms with Crippen molar-refractivity contribution in [1.29, 1.82) is 0 Å². The average Bonchev–Trinajstić information content (AvgIpc) is 2.94. The van der Waals surface area contributed by atoms with Crippen molar-refractivity contribution in [2.75, 3.05) is 34.3 Å². The molecule has 5 heteroatoms. The van der Waals surface area contributed by atoms with E-state index in [9.17, 15) is 4.79 Å². The van der Waals surface area contributed by atoms with Crippen molar-refractivity contribution < 1.29 is 9.53 Å². The zero-order valence-corrected chi connectivity index (χ0v) is 15.0. The fourth-order valence-corrected chi connectivity index (χ4v) is 2.87. The Morgan fingerprint density at radius 2 is 2.04 bits per heavy atom. The molecule has 0 spiro atoms. The first kappa shape index (κ1) is 18.5. The SMILES string of the molecule is COc1ccc2c(CCN(C)C)cn(C(=O)CCCCCN)c2c1. The Kier molecular flexibility index (Phi) is 6.82. The number of nitrogens with zero attached hydrogens (tertiary/aromatic N) is 2. The van der Waals surface area contributed by atoms with Gasteiger partial charge in [-0.1, -0.05) is 6.42 Å². The van der Waals surface area contributed by atoms with Crippen LogP contribution in [0.15, 0.2) is 24.4 Å². The van der Waals surface area contributed by atoms with Gasteiger partial charge in [0.1, 0.15) is 5.75 Å². The molecule has 2 rings (SSSR count). The molecule has 1 aromatic heterocycles. The average molecular weight is 331 g/mol. The normalized spacial score (nSPS) is 11.4. The largest absolute Gasteiger partial charge is 0.497 e. The lowest BCUT2D eigenvalue weighted by atomic mass is 10.1. The van der Waals surface area contributed by atoms with Crippen LogP contribution in [0.3, 0.4) is 0 Å². The summed E-state index contributed by atoms with van der Waals surface area (Å²) in [5, 5.41) is 1.13. The highest BCUT2D eigenvalue weighted by Crippen LogP contribution is 2.27. The number of carbonyl (C=O) groups excluding carboxylic acids is 1. The number of ether oxygens (including phenoxy) is 1. The summed E-state index contributed by atoms with van der Waals surface area (Å²) in [4.78, 5) is 14.8. The van der Waals surface area contributed by atoms with Gasteiger partial charge in [0.2, 0.25) is 5.91 Å². The van der Waals surface area contributed by atoms with Crippen molar-refractivity contribution in [1.82, 2.24) is 9.47 Å². The highest BCUT2D eigenvalue weighted by Gasteiger charge is 2.14. The topological polar surface area (TPSA) is 60.5 Å². The van der Waals surface area contributed by atoms with Crippen LogP contribution in [0.4, 0.5) is 0 Å². The third-order valence-corrected chi connectivity index (χ3v) is 4.29. The second-order valence-electron chi connectivity index (χ2n) is 6.45. The van der Waals surface area contributed by atoms with Gasteiger partial charge in [0, 0.05) is 30.6 Å². The van der Waals surface area contributed by atoms with Gasteiger partial charge in [-0.15, -0.1) is 0 Å². The molecular formula is C19H29N3O2. The first-order chi connectivity index (χ1) is 11.6. The van der Waals surface area contributed by atoms with Crippen molar-refractivity contribution in [2.45, 2.75) is 32.1 Å². The quantitative estimate of drug-likeness (QED) is 0.718. The maximum Gasteiger partial charge on any atom is 0.231 e. The summed E-state index contributed by atoms with van der Waals surface area (Å²) < 4.78 is 7.13. The molecule has 0 unspecified atom stereocenters. The molecular weight excluding hydrogens is 302 g/mol. The van der Waals surface area contributed by atoms with Crippen LogP contribution < -0.4 is 10.5 Å². The number of fused-ring (bicyclic) bond motifs is 1. The number of methoxy groups -OCH3 is 1. The highest BCUT2D eigenvalue weighted by atomic mass is 16.5. The third kappa shape index (κ3) is 4.58. The number of carbonyl (C=O) groups is 1. The van der Waals surface area contributed by atoms with Gasteiger partial charge in [0.15, 0.2) is 0 Å². The second kappa shape index (κ2) is 8.85. The van der Waals surface area contributed by atoms with Gasteiger partial charge in [0.05, 0.1) is 12.6 Å². The first-order valence-corrected chi connectivity index (χ1v) is 8.62. The zero-order valence-electron chi connectivity index (χ0n) is 15.0. The smallest absolute Gasteiger partial charge is 0.231 e. The van der Waals surface area contributed by atoms with Crippen molar-refractivity contribution >= 4 is 16.8 Å². The summed E-state index contributed by atoms with van der Waals surface area (Å²) >= 11 is 0. The number of benzene rings is 1. The van der Waals surface area contributed by atoms with Crippen molar-refractivity contribution in [3.63, 3.8) is 0 Å². The van der Waals surface area contributed by atoms with E-state index >= 15 is 0 Å². The van der Waals surface area contributed by atoms with Crippen LogP contribution in [0, 0.1) is 0 Å². The number of rotatable bonds is 9. The molecule has 0 atom stereocenters. The molecule has 0 aliphatic carbocycles. The van der Waals surface area contributed by atoms with E-state index in [0.29, 0.717) is 13.0 Å². The Bertz CT molecular complexity index is 677. The minimum atomic E-state index is 0.140. The van der Waals surface area contributed by atoms with Crippen molar-refractivity contribution in [2.24, 2.45) is 5.73 Å². The van der Waals surface area contributed by atoms with Crippen LogP contribution in [0.25, 0.3) is 10.9 Å². The van der Waals surface area contributed by atoms with Crippen molar-refractivity contribution in [3.05, 3.63) is 30.0 Å². The number of hydrogen-bond donors (Lipinski definition) is 1. The van der Waals surface area contributed by atoms with Crippen LogP contribution in [0.2, 0.25) is 0 Å². The van der Waals surface area contributed by atoms with E-state index in [1.165, 1.54) is 5.56 Å². The number of aromatic nitrogens is 1. The van der Waals surface area contributed by atoms with Gasteiger partial charge < -0.3 is 15.4 Å². The Balaban J connectivity index is 2.27. The molecule has 0 saturated heterocycles. The Hall–Kier alpha value is -1.85. The van der Waals surface area contributed by atoms with E-state index in [2.05, 4.69) is 25.1 Å². The second-order valence-corrected chi connectivity index (χ2v) is 6.45. The van der Waals surface area contributed by atoms with E-state index < -0.39 is 0 Å². The van der Waals surface area contributed by atoms with E-state index in [-0.39, 0.29) is 5.91 Å². The van der Waals surface area contributed by atoms with Crippen LogP contribution in [-0.4, -0.2) is 49.7 Å². The molecule has 2 N–H and O–H groups in total. The zero-order chi connectivity index (χ0) is 17.5. The molecule has 132 valence electrons. The minimum absolute atomic E-state index is 0.140. The monoisotopic (exact) mass is 331 g/mol. The van der Waals surface area contributed by atoms with E-state index in [4.69, 9.17) is 10.5 Å². The van der Waals surface area contributed by atoms with Crippen molar-refractivity contribution in [3.8, 4) is 5.75 Å². The predicted molar refractivity (Wildman–Crippen MR) is 98.9 cm³/mol. The molecule has 2 aromatic rings. The Morgan fingerprint density at radius 3 is 2.71 bits per heavy atom. The molecule has 5 nitrogen and oxygen atoms in total. The molecule has 0 bridgehead atoms. The fraction of sp³-hybridized carbons (Fsp3) is 0.526. The van der Waals surface area contributed by atoms with E-state index in [1.807, 2.05) is 18.3 Å². The Labute approximate surface area is 144 Å². The molecule has 0 aliphatic heterocycles. The summed E-state index contributed by atoms with van der Waals surface area (Å²) in [5.74, 6) is 0.915. The highest BCUT2D eigenvalue weighted by molar-refractivity contribution is 5.95. The van der Waals surface area contributed by atoms with E-state index in [0.717, 1.165) is 48.9 Å². The summed E-state index contributed by atoms with van der Waals surface area (Å²) in [6.07, 6.45) is 6.32. The van der Waals surface area contributed by atoms with Gasteiger partial charge in [-0.3, -0.25) is 9.36 Å². The third-order valence-electron chi connectivity index (χ3n) is 4.29. The van der Waals surface area contributed by atoms with Crippen LogP contribution in [0.5, 0.6) is 5.75 Å². The Morgan fingerprint density at radius 1 is 1.25 bits per heavy atom. The number of nitrogens with two attached hydrogens (primary N) is 1. The molecule has 1 heterocycles. The van der Waals surface area contributed by atoms with Crippen LogP contribution in [0.1, 0.15) is 36.0 Å². The minimum Gasteiger partial charge on any atom is -0.497 e. The lowest BCUT2D eigenvalue weighted by Gasteiger charge is -2.08. The molecule has 0 aliphatic rings. The summed E-state index contributed by atoms with van der Waals surface area (Å²) in [7, 11) is 5.77. The lowest BCUT2D eigenvalue weighted by molar-refractivity contribution is 0.0904. The molecule has 1 aromatic carbocycles. The number of hydrogen-bond acceptors (Lipinski definition) is 4. The van der Waals surface area contributed by atoms with Gasteiger partial charge in [-0.25, -0.2) is 0 Å². The maximum atomic E-state index is 12.7. The van der Waals surface area contributed by atoms with Gasteiger partial charge in [-0.2, -0.15) is 0 Å². The maximum absolute atomic E-state index is 12.7. The molecule has 0 radical (unpaired) electrons. The summed E-state index contributed by atoms with van der Waals surface area (Å²) in [6, 6.07) is 5.96. The number of unbranched alkanes of at least 4 members (excludes halogenated alkanes) is 2. The van der Waals surface area contributed by atoms with E-state index in [1.54, 1.807) is 11.7 Å². The molecule has 0 fully saturated rings. The van der Waals surface area contributed by atoms with Gasteiger partial charge >= 0.3 is 0 Å². The van der Waals surface area contributed by atoms with Gasteiger partial charge in [-0.05, 0) is 57.6 Å². The lowest BCUT2D eigenvalue weighted by Crippen LogP contribution is -2.15. The van der Waals surface area contributed by atoms with Crippen LogP contribution >= 0.6 is 0 Å². The first-order valence-electron chi connectivity index (χ1n) is 8.62. The fourth-order valence-electron chi connectivity index (χ4n) is 2.87. The number of likely N-dealkylation sites (N-methyl/N-ethyl adjacent to an activating group) is 1. The summed E-state index contributed by atoms with van der Waals surface area (Å²) in [6.45, 7) is 1.64.